The van der Waals surface area contributed by atoms with E-state index in [-0.39, 0.29) is 28.4 Å². The number of nitrogens with zero attached hydrogens (tertiary/aromatic N) is 5. The molecular weight excluding hydrogens is 475 g/mol. The number of rotatable bonds is 5. The number of fused-ring (bicyclic) bond motifs is 2. The number of aromatic nitrogens is 7. The molecule has 6 aromatic rings. The van der Waals surface area contributed by atoms with Crippen molar-refractivity contribution in [3.05, 3.63) is 61.3 Å². The molecule has 37 heavy (non-hydrogen) atoms. The molecule has 0 aliphatic heterocycles. The Hall–Kier alpha value is -4.93. The van der Waals surface area contributed by atoms with E-state index in [2.05, 4.69) is 40.4 Å². The maximum absolute atomic E-state index is 16.0. The summed E-state index contributed by atoms with van der Waals surface area (Å²) in [5.41, 5.74) is 4.66. The summed E-state index contributed by atoms with van der Waals surface area (Å²) in [5.74, 6) is -0.163. The van der Waals surface area contributed by atoms with Crippen LogP contribution in [-0.4, -0.2) is 41.0 Å². The van der Waals surface area contributed by atoms with Crippen LogP contribution in [0.25, 0.3) is 56.0 Å². The molecule has 0 spiro atoms. The fourth-order valence-corrected chi connectivity index (χ4v) is 4.58. The molecule has 0 radical (unpaired) electrons. The molecule has 3 N–H and O–H groups in total. The van der Waals surface area contributed by atoms with E-state index in [0.29, 0.717) is 33.9 Å². The van der Waals surface area contributed by atoms with Crippen LogP contribution in [-0.2, 0) is 4.79 Å². The van der Waals surface area contributed by atoms with Crippen molar-refractivity contribution in [1.29, 1.82) is 0 Å². The number of carbonyl (C=O) groups is 1. The van der Waals surface area contributed by atoms with Gasteiger partial charge in [0.2, 0.25) is 5.91 Å². The van der Waals surface area contributed by atoms with E-state index in [0.717, 1.165) is 30.4 Å². The molecular formula is C26H19FN8O2. The first kappa shape index (κ1) is 21.4. The minimum atomic E-state index is -0.526. The Balaban J connectivity index is 1.30. The zero-order chi connectivity index (χ0) is 24.9. The minimum Gasteiger partial charge on any atom is -0.472 e. The normalized spacial score (nSPS) is 13.8. The first-order valence-corrected chi connectivity index (χ1v) is 11.8. The van der Waals surface area contributed by atoms with Crippen LogP contribution in [0, 0.1) is 11.7 Å². The predicted octanol–water partition coefficient (Wildman–Crippen LogP) is 5.10. The molecule has 1 aliphatic rings. The summed E-state index contributed by atoms with van der Waals surface area (Å²) in [6.07, 6.45) is 12.2. The van der Waals surface area contributed by atoms with E-state index in [1.807, 2.05) is 12.1 Å². The van der Waals surface area contributed by atoms with Crippen LogP contribution in [0.4, 0.5) is 10.1 Å². The van der Waals surface area contributed by atoms with Crippen LogP contribution in [0.3, 0.4) is 0 Å². The molecule has 0 unspecified atom stereocenters. The Morgan fingerprint density at radius 1 is 1.08 bits per heavy atom. The summed E-state index contributed by atoms with van der Waals surface area (Å²) >= 11 is 0. The second-order valence-corrected chi connectivity index (χ2v) is 9.02. The molecule has 11 heteroatoms. The van der Waals surface area contributed by atoms with Crippen molar-refractivity contribution in [3.8, 4) is 33.8 Å². The molecule has 1 aliphatic carbocycles. The summed E-state index contributed by atoms with van der Waals surface area (Å²) in [4.78, 5) is 33.1. The van der Waals surface area contributed by atoms with Gasteiger partial charge in [-0.15, -0.1) is 0 Å². The van der Waals surface area contributed by atoms with Crippen molar-refractivity contribution < 1.29 is 13.6 Å². The molecule has 0 aromatic carbocycles. The molecule has 0 saturated heterocycles. The number of hydrogen-bond donors (Lipinski definition) is 3. The van der Waals surface area contributed by atoms with E-state index in [4.69, 9.17) is 4.42 Å². The Morgan fingerprint density at radius 2 is 2.00 bits per heavy atom. The summed E-state index contributed by atoms with van der Waals surface area (Å²) in [6.45, 7) is 0. The van der Waals surface area contributed by atoms with Crippen molar-refractivity contribution in [1.82, 2.24) is 35.1 Å². The van der Waals surface area contributed by atoms with Gasteiger partial charge in [0.05, 0.1) is 35.3 Å². The number of amides is 1. The highest BCUT2D eigenvalue weighted by Gasteiger charge is 2.26. The summed E-state index contributed by atoms with van der Waals surface area (Å²) in [6, 6.07) is 5.38. The lowest BCUT2D eigenvalue weighted by Gasteiger charge is -2.24. The second kappa shape index (κ2) is 8.33. The smallest absolute Gasteiger partial charge is 0.227 e. The number of hydrogen-bond acceptors (Lipinski definition) is 7. The zero-order valence-corrected chi connectivity index (χ0v) is 19.3. The van der Waals surface area contributed by atoms with Gasteiger partial charge in [0.15, 0.2) is 17.1 Å². The second-order valence-electron chi connectivity index (χ2n) is 9.02. The third kappa shape index (κ3) is 3.54. The van der Waals surface area contributed by atoms with Gasteiger partial charge in [-0.1, -0.05) is 6.42 Å². The first-order chi connectivity index (χ1) is 18.2. The lowest BCUT2D eigenvalue weighted by atomic mass is 9.85. The highest BCUT2D eigenvalue weighted by Crippen LogP contribution is 2.35. The Kier molecular flexibility index (Phi) is 4.81. The lowest BCUT2D eigenvalue weighted by molar-refractivity contribution is -0.122. The lowest BCUT2D eigenvalue weighted by Crippen LogP contribution is -2.28. The van der Waals surface area contributed by atoms with Gasteiger partial charge >= 0.3 is 0 Å². The van der Waals surface area contributed by atoms with Gasteiger partial charge in [0.1, 0.15) is 11.5 Å². The maximum atomic E-state index is 16.0. The Labute approximate surface area is 208 Å². The van der Waals surface area contributed by atoms with Crippen LogP contribution < -0.4 is 5.32 Å². The van der Waals surface area contributed by atoms with Crippen LogP contribution in [0.15, 0.2) is 59.9 Å². The van der Waals surface area contributed by atoms with E-state index < -0.39 is 5.82 Å². The van der Waals surface area contributed by atoms with Crippen molar-refractivity contribution >= 4 is 33.8 Å². The number of halogens is 1. The molecule has 7 rings (SSSR count). The van der Waals surface area contributed by atoms with Gasteiger partial charge in [-0.2, -0.15) is 5.10 Å². The van der Waals surface area contributed by atoms with E-state index >= 15 is 4.39 Å². The zero-order valence-electron chi connectivity index (χ0n) is 19.3. The average molecular weight is 494 g/mol. The molecule has 6 aromatic heterocycles. The van der Waals surface area contributed by atoms with Crippen LogP contribution in [0.1, 0.15) is 19.3 Å². The first-order valence-electron chi connectivity index (χ1n) is 11.8. The van der Waals surface area contributed by atoms with Crippen molar-refractivity contribution in [2.24, 2.45) is 5.92 Å². The molecule has 0 bridgehead atoms. The van der Waals surface area contributed by atoms with Crippen molar-refractivity contribution in [3.63, 3.8) is 0 Å². The van der Waals surface area contributed by atoms with Gasteiger partial charge in [0.25, 0.3) is 0 Å². The van der Waals surface area contributed by atoms with Crippen molar-refractivity contribution in [2.45, 2.75) is 19.3 Å². The van der Waals surface area contributed by atoms with Crippen LogP contribution in [0.5, 0.6) is 0 Å². The Bertz CT molecular complexity index is 1790. The number of nitrogens with one attached hydrogen (secondary N) is 3. The molecule has 1 saturated carbocycles. The monoisotopic (exact) mass is 494 g/mol. The summed E-state index contributed by atoms with van der Waals surface area (Å²) in [7, 11) is 0. The SMILES string of the molecule is O=C(Nc1cncc(-c2cnc3n[nH]c(-c4nc5nccc(-c6ccoc6)c5[nH]4)c3c2F)c1)C1CCC1. The molecule has 6 heterocycles. The maximum Gasteiger partial charge on any atom is 0.227 e. The van der Waals surface area contributed by atoms with Crippen LogP contribution >= 0.6 is 0 Å². The van der Waals surface area contributed by atoms with E-state index in [1.165, 1.54) is 12.4 Å². The number of aromatic amines is 2. The highest BCUT2D eigenvalue weighted by molar-refractivity contribution is 5.97. The topological polar surface area (TPSA) is 138 Å². The number of carbonyl (C=O) groups excluding carboxylic acids is 1. The minimum absolute atomic E-state index is 0.0271. The summed E-state index contributed by atoms with van der Waals surface area (Å²) in [5, 5.41) is 10.1. The summed E-state index contributed by atoms with van der Waals surface area (Å²) < 4.78 is 21.2. The number of anilines is 1. The molecule has 0 atom stereocenters. The predicted molar refractivity (Wildman–Crippen MR) is 134 cm³/mol. The molecule has 10 nitrogen and oxygen atoms in total. The number of furan rings is 1. The number of pyridine rings is 3. The quantitative estimate of drug-likeness (QED) is 0.303. The number of H-pyrrole nitrogens is 2. The van der Waals surface area contributed by atoms with Gasteiger partial charge in [0, 0.05) is 46.8 Å². The largest absolute Gasteiger partial charge is 0.472 e. The van der Waals surface area contributed by atoms with Gasteiger partial charge in [-0.3, -0.25) is 14.9 Å². The molecule has 1 amide bonds. The third-order valence-corrected chi connectivity index (χ3v) is 6.77. The molecule has 182 valence electrons. The average Bonchev–Trinajstić information content (AvgIpc) is 3.62. The van der Waals surface area contributed by atoms with E-state index in [9.17, 15) is 4.79 Å². The third-order valence-electron chi connectivity index (χ3n) is 6.77. The van der Waals surface area contributed by atoms with Gasteiger partial charge < -0.3 is 14.7 Å². The Morgan fingerprint density at radius 3 is 2.81 bits per heavy atom. The number of imidazole rings is 1. The standard InChI is InChI=1S/C26H19FN8O2/c27-20-18(15-8-16(10-28-9-15)31-26(36)13-2-1-3-13)11-30-23-19(20)22(34-35-23)25-32-21-17(14-5-7-37-12-14)4-6-29-24(21)33-25/h4-13H,1-3H2,(H,31,36)(H,29,32,33)(H,30,34,35). The van der Waals surface area contributed by atoms with Gasteiger partial charge in [-0.05, 0) is 31.0 Å². The fourth-order valence-electron chi connectivity index (χ4n) is 4.58. The van der Waals surface area contributed by atoms with Gasteiger partial charge in [-0.25, -0.2) is 19.3 Å². The highest BCUT2D eigenvalue weighted by atomic mass is 19.1. The van der Waals surface area contributed by atoms with E-state index in [1.54, 1.807) is 31.0 Å². The van der Waals surface area contributed by atoms with Crippen molar-refractivity contribution in [2.75, 3.05) is 5.32 Å². The molecule has 1 fully saturated rings. The van der Waals surface area contributed by atoms with Crippen LogP contribution in [0.2, 0.25) is 0 Å². The fraction of sp³-hybridized carbons (Fsp3) is 0.154.